The molecule has 1 heterocycles. The molecule has 0 aliphatic heterocycles. The first-order chi connectivity index (χ1) is 20.6. The molecule has 2 saturated carbocycles. The number of anilines is 1. The van der Waals surface area contributed by atoms with Crippen LogP contribution in [0.1, 0.15) is 54.0 Å². The molecule has 0 radical (unpaired) electrons. The van der Waals surface area contributed by atoms with Gasteiger partial charge in [-0.25, -0.2) is 0 Å². The number of benzene rings is 1. The number of ketones is 4. The number of aliphatic hydroxyl groups excluding tert-OH is 1. The number of likely N-dealkylation sites (N-methyl/N-ethyl adjacent to an activating group) is 1. The lowest BCUT2D eigenvalue weighted by molar-refractivity contribution is -0.196. The lowest BCUT2D eigenvalue weighted by Crippen LogP contribution is -2.77. The molecule has 2 amide bonds. The van der Waals surface area contributed by atoms with E-state index in [1.165, 1.54) is 37.5 Å². The smallest absolute Gasteiger partial charge is 0.247 e. The lowest BCUT2D eigenvalue weighted by atomic mass is 9.49. The Morgan fingerprint density at radius 3 is 2.39 bits per heavy atom. The number of aliphatic hydroxyl groups is 2. The van der Waals surface area contributed by atoms with Crippen LogP contribution >= 0.6 is 0 Å². The van der Waals surface area contributed by atoms with Gasteiger partial charge in [-0.05, 0) is 45.0 Å². The quantitative estimate of drug-likeness (QED) is 0.193. The summed E-state index contributed by atoms with van der Waals surface area (Å²) in [5, 5.41) is 45.0. The first-order valence-electron chi connectivity index (χ1n) is 14.2. The third-order valence-corrected chi connectivity index (χ3v) is 9.52. The molecule has 15 heteroatoms. The van der Waals surface area contributed by atoms with E-state index in [9.17, 15) is 44.1 Å². The molecule has 5 rings (SSSR count). The number of nitrogens with two attached hydrogens (primary N) is 1. The summed E-state index contributed by atoms with van der Waals surface area (Å²) < 4.78 is 1.55. The van der Waals surface area contributed by atoms with Crippen molar-refractivity contribution in [2.75, 3.05) is 19.4 Å². The van der Waals surface area contributed by atoms with Crippen molar-refractivity contribution in [2.45, 2.75) is 56.9 Å². The van der Waals surface area contributed by atoms with Crippen molar-refractivity contribution in [2.24, 2.45) is 29.4 Å². The first kappa shape index (κ1) is 31.1. The lowest BCUT2D eigenvalue weighted by Gasteiger charge is -2.56. The van der Waals surface area contributed by atoms with Crippen LogP contribution in [0.3, 0.4) is 0 Å². The Labute approximate surface area is 251 Å². The fourth-order valence-electron chi connectivity index (χ4n) is 7.42. The van der Waals surface area contributed by atoms with Crippen LogP contribution in [0.5, 0.6) is 5.75 Å². The molecule has 2 fully saturated rings. The number of hydrogen-bond donors (Lipinski definition) is 5. The molecule has 6 N–H and O–H groups in total. The minimum Gasteiger partial charge on any atom is -0.505 e. The predicted octanol–water partition coefficient (Wildman–Crippen LogP) is -1.11. The molecular formula is C29H34N6O9. The Morgan fingerprint density at radius 2 is 1.84 bits per heavy atom. The maximum absolute atomic E-state index is 14.1. The summed E-state index contributed by atoms with van der Waals surface area (Å²) in [5.41, 5.74) is 2.06. The number of aromatic hydroxyl groups is 1. The molecule has 1 aromatic heterocycles. The zero-order chi connectivity index (χ0) is 32.6. The van der Waals surface area contributed by atoms with Crippen LogP contribution in [-0.2, 0) is 24.0 Å². The maximum Gasteiger partial charge on any atom is 0.247 e. The highest BCUT2D eigenvalue weighted by Gasteiger charge is 2.72. The molecule has 3 aliphatic rings. The zero-order valence-corrected chi connectivity index (χ0v) is 24.7. The van der Waals surface area contributed by atoms with E-state index >= 15 is 0 Å². The minimum atomic E-state index is -3.09. The van der Waals surface area contributed by atoms with Crippen molar-refractivity contribution >= 4 is 40.6 Å². The van der Waals surface area contributed by atoms with Crippen molar-refractivity contribution in [3.8, 4) is 5.75 Å². The summed E-state index contributed by atoms with van der Waals surface area (Å²) in [5.74, 6) is -14.5. The van der Waals surface area contributed by atoms with E-state index in [2.05, 4.69) is 15.5 Å². The van der Waals surface area contributed by atoms with Crippen molar-refractivity contribution in [1.82, 2.24) is 19.7 Å². The van der Waals surface area contributed by atoms with Gasteiger partial charge in [-0.15, -0.1) is 10.2 Å². The molecule has 0 spiro atoms. The molecule has 0 saturated heterocycles. The summed E-state index contributed by atoms with van der Waals surface area (Å²) >= 11 is 0. The van der Waals surface area contributed by atoms with Gasteiger partial charge in [0, 0.05) is 5.92 Å². The summed E-state index contributed by atoms with van der Waals surface area (Å²) in [7, 11) is 2.85. The number of carbonyl (C=O) groups excluding carboxylic acids is 6. The highest BCUT2D eigenvalue weighted by Crippen LogP contribution is 2.55. The third kappa shape index (κ3) is 4.13. The molecule has 0 bridgehead atoms. The van der Waals surface area contributed by atoms with Crippen LogP contribution in [0.2, 0.25) is 0 Å². The summed E-state index contributed by atoms with van der Waals surface area (Å²) in [4.78, 5) is 81.5. The second kappa shape index (κ2) is 10.7. The normalized spacial score (nSPS) is 32.1. The summed E-state index contributed by atoms with van der Waals surface area (Å²) in [6.07, 6.45) is 0.00451. The Bertz CT molecular complexity index is 1620. The van der Waals surface area contributed by atoms with E-state index in [1.54, 1.807) is 25.3 Å². The Hall–Kier alpha value is -4.34. The average Bonchev–Trinajstić information content (AvgIpc) is 3.37. The molecule has 1 aromatic carbocycles. The number of phenols is 1. The van der Waals surface area contributed by atoms with Crippen LogP contribution in [0, 0.1) is 30.6 Å². The molecule has 7 unspecified atom stereocenters. The van der Waals surface area contributed by atoms with E-state index in [4.69, 9.17) is 5.73 Å². The number of hydrogen-bond acceptors (Lipinski definition) is 12. The number of primary amides is 1. The standard InChI is InChI=1S/C29H34N6O9/c1-6-14(35-9-31-33-11(35)3)28(43)32-13-8-7-12-10(2)15-17(22(37)16(12)21(13)36)25(40)29(44)19(23(15)38)20(34(4)5)24(39)18(26(29)41)27(30)42/h7-10,14-15,17-20,23,36,38,44H,6H2,1-5H3,(H2,30,42)(H,32,43)/t10?,14?,15?,17?,18?,19?,20-,23?,29-/m0/s1. The predicted molar refractivity (Wildman–Crippen MR) is 150 cm³/mol. The van der Waals surface area contributed by atoms with Gasteiger partial charge in [0.25, 0.3) is 0 Å². The zero-order valence-electron chi connectivity index (χ0n) is 24.7. The molecular weight excluding hydrogens is 576 g/mol. The molecule has 3 aliphatic carbocycles. The number of phenolic OH excluding ortho intramolecular Hbond substituents is 1. The van der Waals surface area contributed by atoms with Gasteiger partial charge in [0.1, 0.15) is 23.9 Å². The molecule has 234 valence electrons. The van der Waals surface area contributed by atoms with Crippen molar-refractivity contribution in [1.29, 1.82) is 0 Å². The van der Waals surface area contributed by atoms with Crippen molar-refractivity contribution in [3.05, 3.63) is 35.4 Å². The van der Waals surface area contributed by atoms with Gasteiger partial charge in [-0.3, -0.25) is 33.7 Å². The molecule has 15 nitrogen and oxygen atoms in total. The molecule has 44 heavy (non-hydrogen) atoms. The third-order valence-electron chi connectivity index (χ3n) is 9.52. The monoisotopic (exact) mass is 610 g/mol. The number of carbonyl (C=O) groups is 6. The SMILES string of the molecule is CCC(C(=O)Nc1ccc2c(c1O)C(=O)C1C(=O)[C@]3(O)C(=O)C(C(N)=O)C(=O)[C@@H](N(C)C)C3C(O)C1C2C)n1cnnc1C. The average molecular weight is 611 g/mol. The Morgan fingerprint density at radius 1 is 1.18 bits per heavy atom. The number of amides is 2. The van der Waals surface area contributed by atoms with E-state index in [0.717, 1.165) is 0 Å². The number of fused-ring (bicyclic) bond motifs is 3. The molecule has 9 atom stereocenters. The van der Waals surface area contributed by atoms with Gasteiger partial charge in [-0.1, -0.05) is 19.9 Å². The number of aryl methyl sites for hydroxylation is 1. The Kier molecular flexibility index (Phi) is 7.55. The van der Waals surface area contributed by atoms with Gasteiger partial charge in [0.05, 0.1) is 35.2 Å². The van der Waals surface area contributed by atoms with Gasteiger partial charge in [0.2, 0.25) is 11.8 Å². The van der Waals surface area contributed by atoms with Crippen LogP contribution < -0.4 is 11.1 Å². The highest BCUT2D eigenvalue weighted by atomic mass is 16.3. The maximum atomic E-state index is 14.1. The second-order valence-corrected chi connectivity index (χ2v) is 12.0. The largest absolute Gasteiger partial charge is 0.505 e. The first-order valence-corrected chi connectivity index (χ1v) is 14.2. The number of rotatable bonds is 6. The highest BCUT2D eigenvalue weighted by molar-refractivity contribution is 6.32. The van der Waals surface area contributed by atoms with Crippen molar-refractivity contribution < 1.29 is 44.1 Å². The van der Waals surface area contributed by atoms with Gasteiger partial charge in [-0.2, -0.15) is 0 Å². The van der Waals surface area contributed by atoms with Gasteiger partial charge in [0.15, 0.2) is 34.7 Å². The van der Waals surface area contributed by atoms with Crippen LogP contribution in [0.4, 0.5) is 5.69 Å². The summed E-state index contributed by atoms with van der Waals surface area (Å²) in [6, 6.07) is 0.674. The van der Waals surface area contributed by atoms with Crippen LogP contribution in [-0.4, -0.2) is 102 Å². The summed E-state index contributed by atoms with van der Waals surface area (Å²) in [6.45, 7) is 5.04. The van der Waals surface area contributed by atoms with Crippen LogP contribution in [0.15, 0.2) is 18.5 Å². The van der Waals surface area contributed by atoms with Crippen molar-refractivity contribution in [3.63, 3.8) is 0 Å². The number of aromatic nitrogens is 3. The Balaban J connectivity index is 1.58. The van der Waals surface area contributed by atoms with E-state index in [1.807, 2.05) is 0 Å². The van der Waals surface area contributed by atoms with E-state index < -0.39 is 94.1 Å². The number of nitrogens with one attached hydrogen (secondary N) is 1. The fraction of sp³-hybridized carbons (Fsp3) is 0.517. The number of Topliss-reactive ketones (excluding diaryl/α,β-unsaturated/α-hetero) is 4. The van der Waals surface area contributed by atoms with Crippen LogP contribution in [0.25, 0.3) is 0 Å². The van der Waals surface area contributed by atoms with Gasteiger partial charge < -0.3 is 30.9 Å². The van der Waals surface area contributed by atoms with E-state index in [-0.39, 0.29) is 16.8 Å². The topological polar surface area (TPSA) is 235 Å². The minimum absolute atomic E-state index is 0.127. The number of nitrogens with zero attached hydrogens (tertiary/aromatic N) is 4. The fourth-order valence-corrected chi connectivity index (χ4v) is 7.42. The van der Waals surface area contributed by atoms with Gasteiger partial charge >= 0.3 is 0 Å². The second-order valence-electron chi connectivity index (χ2n) is 12.0. The van der Waals surface area contributed by atoms with E-state index in [0.29, 0.717) is 12.2 Å². The molecule has 2 aromatic rings.